The maximum Gasteiger partial charge on any atom is 0.166 e. The Balaban J connectivity index is 1.45. The van der Waals surface area contributed by atoms with Crippen molar-refractivity contribution in [1.82, 2.24) is 4.90 Å². The molecule has 1 aliphatic carbocycles. The van der Waals surface area contributed by atoms with Gasteiger partial charge in [0.25, 0.3) is 0 Å². The van der Waals surface area contributed by atoms with Gasteiger partial charge in [0.2, 0.25) is 0 Å². The SMILES string of the molecule is CCOc1cc2c(cc1OCC)C(=O)C(C1CCN(Cc3ccccc3)C(C)C1)C2. The zero-order valence-electron chi connectivity index (χ0n) is 18.4. The molecule has 0 aromatic heterocycles. The van der Waals surface area contributed by atoms with Crippen molar-refractivity contribution in [2.24, 2.45) is 11.8 Å². The summed E-state index contributed by atoms with van der Waals surface area (Å²) in [5, 5.41) is 0. The maximum absolute atomic E-state index is 13.3. The molecule has 2 aliphatic rings. The van der Waals surface area contributed by atoms with E-state index in [1.807, 2.05) is 26.0 Å². The smallest absolute Gasteiger partial charge is 0.166 e. The lowest BCUT2D eigenvalue weighted by Gasteiger charge is -2.39. The van der Waals surface area contributed by atoms with E-state index < -0.39 is 0 Å². The van der Waals surface area contributed by atoms with Crippen LogP contribution >= 0.6 is 0 Å². The summed E-state index contributed by atoms with van der Waals surface area (Å²) in [6.45, 7) is 9.43. The molecule has 2 aromatic rings. The molecular weight excluding hydrogens is 374 g/mol. The zero-order chi connectivity index (χ0) is 21.1. The van der Waals surface area contributed by atoms with E-state index >= 15 is 0 Å². The highest BCUT2D eigenvalue weighted by atomic mass is 16.5. The molecule has 0 bridgehead atoms. The van der Waals surface area contributed by atoms with E-state index in [0.717, 1.165) is 49.2 Å². The number of likely N-dealkylation sites (tertiary alicyclic amines) is 1. The number of nitrogens with zero attached hydrogens (tertiary/aromatic N) is 1. The average molecular weight is 408 g/mol. The van der Waals surface area contributed by atoms with Gasteiger partial charge in [-0.25, -0.2) is 0 Å². The van der Waals surface area contributed by atoms with Gasteiger partial charge in [-0.2, -0.15) is 0 Å². The van der Waals surface area contributed by atoms with Crippen molar-refractivity contribution in [2.75, 3.05) is 19.8 Å². The second-order valence-corrected chi connectivity index (χ2v) is 8.59. The first-order valence-corrected chi connectivity index (χ1v) is 11.3. The fraction of sp³-hybridized carbons (Fsp3) is 0.500. The summed E-state index contributed by atoms with van der Waals surface area (Å²) in [4.78, 5) is 15.8. The Morgan fingerprint density at radius 3 is 2.40 bits per heavy atom. The van der Waals surface area contributed by atoms with Crippen LogP contribution in [0.3, 0.4) is 0 Å². The monoisotopic (exact) mass is 407 g/mol. The predicted molar refractivity (Wildman–Crippen MR) is 119 cm³/mol. The van der Waals surface area contributed by atoms with Gasteiger partial charge < -0.3 is 9.47 Å². The van der Waals surface area contributed by atoms with Crippen LogP contribution in [0.4, 0.5) is 0 Å². The molecule has 1 heterocycles. The van der Waals surface area contributed by atoms with Crippen LogP contribution in [0.1, 0.15) is 55.1 Å². The Morgan fingerprint density at radius 2 is 1.73 bits per heavy atom. The Morgan fingerprint density at radius 1 is 1.03 bits per heavy atom. The van der Waals surface area contributed by atoms with E-state index in [9.17, 15) is 4.79 Å². The van der Waals surface area contributed by atoms with E-state index in [2.05, 4.69) is 42.2 Å². The van der Waals surface area contributed by atoms with Crippen molar-refractivity contribution >= 4 is 5.78 Å². The Kier molecular flexibility index (Phi) is 6.43. The van der Waals surface area contributed by atoms with Crippen molar-refractivity contribution in [3.63, 3.8) is 0 Å². The van der Waals surface area contributed by atoms with Gasteiger partial charge in [-0.05, 0) is 75.8 Å². The second kappa shape index (κ2) is 9.22. The van der Waals surface area contributed by atoms with E-state index in [1.165, 1.54) is 5.56 Å². The summed E-state index contributed by atoms with van der Waals surface area (Å²) < 4.78 is 11.5. The largest absolute Gasteiger partial charge is 0.490 e. The number of benzene rings is 2. The van der Waals surface area contributed by atoms with Crippen LogP contribution in [0.25, 0.3) is 0 Å². The highest BCUT2D eigenvalue weighted by Crippen LogP contribution is 2.42. The highest BCUT2D eigenvalue weighted by molar-refractivity contribution is 6.03. The van der Waals surface area contributed by atoms with Crippen LogP contribution in [0.15, 0.2) is 42.5 Å². The summed E-state index contributed by atoms with van der Waals surface area (Å²) in [5.41, 5.74) is 3.32. The topological polar surface area (TPSA) is 38.8 Å². The molecule has 0 amide bonds. The molecule has 0 spiro atoms. The first kappa shape index (κ1) is 20.9. The van der Waals surface area contributed by atoms with E-state index in [-0.39, 0.29) is 5.92 Å². The van der Waals surface area contributed by atoms with Crippen LogP contribution in [-0.2, 0) is 13.0 Å². The number of carbonyl (C=O) groups excluding carboxylic acids is 1. The summed E-state index contributed by atoms with van der Waals surface area (Å²) in [6.07, 6.45) is 2.99. The van der Waals surface area contributed by atoms with Crippen molar-refractivity contribution in [3.05, 3.63) is 59.2 Å². The van der Waals surface area contributed by atoms with Gasteiger partial charge in [-0.3, -0.25) is 9.69 Å². The minimum Gasteiger partial charge on any atom is -0.490 e. The first-order chi connectivity index (χ1) is 14.6. The number of ketones is 1. The number of carbonyl (C=O) groups is 1. The lowest BCUT2D eigenvalue weighted by atomic mass is 9.79. The predicted octanol–water partition coefficient (Wildman–Crippen LogP) is 5.14. The molecule has 1 saturated heterocycles. The molecule has 30 heavy (non-hydrogen) atoms. The van der Waals surface area contributed by atoms with Crippen LogP contribution in [-0.4, -0.2) is 36.5 Å². The lowest BCUT2D eigenvalue weighted by molar-refractivity contribution is 0.0701. The number of fused-ring (bicyclic) bond motifs is 1. The van der Waals surface area contributed by atoms with Crippen molar-refractivity contribution in [2.45, 2.75) is 52.6 Å². The average Bonchev–Trinajstić information content (AvgIpc) is 3.06. The summed E-state index contributed by atoms with van der Waals surface area (Å²) in [7, 11) is 0. The number of hydrogen-bond donors (Lipinski definition) is 0. The third-order valence-corrected chi connectivity index (χ3v) is 6.66. The molecule has 0 N–H and O–H groups in total. The molecule has 160 valence electrons. The number of Topliss-reactive ketones (excluding diaryl/α,β-unsaturated/α-hetero) is 1. The van der Waals surface area contributed by atoms with Crippen LogP contribution in [0.2, 0.25) is 0 Å². The molecule has 1 fully saturated rings. The quantitative estimate of drug-likeness (QED) is 0.637. The van der Waals surface area contributed by atoms with Gasteiger partial charge in [0.05, 0.1) is 13.2 Å². The van der Waals surface area contributed by atoms with Gasteiger partial charge in [0.1, 0.15) is 0 Å². The van der Waals surface area contributed by atoms with Crippen molar-refractivity contribution in [3.8, 4) is 11.5 Å². The molecule has 4 rings (SSSR count). The van der Waals surface area contributed by atoms with Gasteiger partial charge in [-0.15, -0.1) is 0 Å². The summed E-state index contributed by atoms with van der Waals surface area (Å²) in [5.74, 6) is 2.28. The lowest BCUT2D eigenvalue weighted by Crippen LogP contribution is -2.42. The fourth-order valence-corrected chi connectivity index (χ4v) is 5.12. The number of hydrogen-bond acceptors (Lipinski definition) is 4. The minimum absolute atomic E-state index is 0.0904. The molecule has 3 atom stereocenters. The number of ether oxygens (including phenoxy) is 2. The van der Waals surface area contributed by atoms with E-state index in [4.69, 9.17) is 9.47 Å². The van der Waals surface area contributed by atoms with E-state index in [0.29, 0.717) is 36.7 Å². The van der Waals surface area contributed by atoms with Crippen LogP contribution in [0.5, 0.6) is 11.5 Å². The highest BCUT2D eigenvalue weighted by Gasteiger charge is 2.40. The van der Waals surface area contributed by atoms with Crippen molar-refractivity contribution < 1.29 is 14.3 Å². The summed E-state index contributed by atoms with van der Waals surface area (Å²) in [6, 6.07) is 15.1. The molecular formula is C26H33NO3. The number of piperidine rings is 1. The van der Waals surface area contributed by atoms with Gasteiger partial charge in [0.15, 0.2) is 17.3 Å². The first-order valence-electron chi connectivity index (χ1n) is 11.3. The van der Waals surface area contributed by atoms with Crippen molar-refractivity contribution in [1.29, 1.82) is 0 Å². The molecule has 1 aliphatic heterocycles. The molecule has 4 nitrogen and oxygen atoms in total. The fourth-order valence-electron chi connectivity index (χ4n) is 5.12. The van der Waals surface area contributed by atoms with Crippen LogP contribution in [0, 0.1) is 11.8 Å². The molecule has 0 saturated carbocycles. The Hall–Kier alpha value is -2.33. The van der Waals surface area contributed by atoms with Gasteiger partial charge >= 0.3 is 0 Å². The molecule has 4 heteroatoms. The second-order valence-electron chi connectivity index (χ2n) is 8.59. The summed E-state index contributed by atoms with van der Waals surface area (Å²) >= 11 is 0. The van der Waals surface area contributed by atoms with Gasteiger partial charge in [0, 0.05) is 24.1 Å². The van der Waals surface area contributed by atoms with Gasteiger partial charge in [-0.1, -0.05) is 30.3 Å². The minimum atomic E-state index is 0.0904. The third kappa shape index (κ3) is 4.24. The molecule has 3 unspecified atom stereocenters. The third-order valence-electron chi connectivity index (χ3n) is 6.66. The number of rotatable bonds is 7. The molecule has 0 radical (unpaired) electrons. The standard InChI is InChI=1S/C26H33NO3/c1-4-29-24-15-21-14-22(26(28)23(21)16-25(24)30-5-2)20-11-12-27(18(3)13-20)17-19-9-7-6-8-10-19/h6-10,15-16,18,20,22H,4-5,11-14,17H2,1-3H3. The normalized spacial score (nSPS) is 24.0. The zero-order valence-corrected chi connectivity index (χ0v) is 18.4. The van der Waals surface area contributed by atoms with Crippen LogP contribution < -0.4 is 9.47 Å². The van der Waals surface area contributed by atoms with E-state index in [1.54, 1.807) is 0 Å². The maximum atomic E-state index is 13.3. The Bertz CT molecular complexity index is 879. The Labute approximate surface area is 180 Å². The molecule has 2 aromatic carbocycles.